The minimum atomic E-state index is -0.265. The molecule has 1 aliphatic rings. The lowest BCUT2D eigenvalue weighted by Crippen LogP contribution is -2.33. The molecule has 20 heavy (non-hydrogen) atoms. The molecule has 0 radical (unpaired) electrons. The summed E-state index contributed by atoms with van der Waals surface area (Å²) in [5, 5.41) is 3.55. The van der Waals surface area contributed by atoms with Crippen molar-refractivity contribution in [2.45, 2.75) is 31.7 Å². The van der Waals surface area contributed by atoms with Crippen molar-refractivity contribution in [3.05, 3.63) is 65.2 Å². The van der Waals surface area contributed by atoms with E-state index in [1.165, 1.54) is 17.3 Å². The summed E-state index contributed by atoms with van der Waals surface area (Å²) in [6, 6.07) is 10.2. The zero-order valence-corrected chi connectivity index (χ0v) is 11.6. The van der Waals surface area contributed by atoms with Crippen molar-refractivity contribution in [1.29, 1.82) is 0 Å². The molecule has 3 rings (SSSR count). The van der Waals surface area contributed by atoms with Gasteiger partial charge in [-0.05, 0) is 42.1 Å². The van der Waals surface area contributed by atoms with Crippen LogP contribution in [0.5, 0.6) is 0 Å². The standard InChI is InChI=1S/C17H19FN2/c1-2-7-20-17(13-8-14(18)11-19-10-13)16-9-12-5-3-4-6-15(12)16/h3-6,8,10-11,16-17,20H,2,7,9H2,1H3. The second-order valence-electron chi connectivity index (χ2n) is 5.38. The van der Waals surface area contributed by atoms with Crippen LogP contribution in [0.15, 0.2) is 42.7 Å². The molecule has 2 atom stereocenters. The molecule has 104 valence electrons. The number of rotatable bonds is 5. The van der Waals surface area contributed by atoms with Gasteiger partial charge < -0.3 is 5.32 Å². The number of hydrogen-bond acceptors (Lipinski definition) is 2. The average Bonchev–Trinajstić information content (AvgIpc) is 2.44. The predicted octanol–water partition coefficient (Wildman–Crippen LogP) is 3.60. The predicted molar refractivity (Wildman–Crippen MR) is 78.1 cm³/mol. The van der Waals surface area contributed by atoms with Gasteiger partial charge in [-0.25, -0.2) is 4.39 Å². The summed E-state index contributed by atoms with van der Waals surface area (Å²) in [6.07, 6.45) is 5.15. The molecule has 1 aliphatic carbocycles. The maximum Gasteiger partial charge on any atom is 0.141 e. The molecule has 0 bridgehead atoms. The van der Waals surface area contributed by atoms with E-state index >= 15 is 0 Å². The molecule has 2 unspecified atom stereocenters. The molecule has 1 aromatic heterocycles. The number of hydrogen-bond donors (Lipinski definition) is 1. The molecule has 0 spiro atoms. The van der Waals surface area contributed by atoms with Gasteiger partial charge in [0.05, 0.1) is 6.20 Å². The lowest BCUT2D eigenvalue weighted by Gasteiger charge is -2.37. The van der Waals surface area contributed by atoms with Gasteiger partial charge in [0, 0.05) is 18.2 Å². The summed E-state index contributed by atoms with van der Waals surface area (Å²) in [5.74, 6) is 0.153. The molecular formula is C17H19FN2. The monoisotopic (exact) mass is 270 g/mol. The van der Waals surface area contributed by atoms with E-state index in [-0.39, 0.29) is 11.9 Å². The highest BCUT2D eigenvalue weighted by molar-refractivity contribution is 5.42. The van der Waals surface area contributed by atoms with Gasteiger partial charge in [0.1, 0.15) is 5.82 Å². The van der Waals surface area contributed by atoms with Gasteiger partial charge in [0.15, 0.2) is 0 Å². The van der Waals surface area contributed by atoms with E-state index in [2.05, 4.69) is 41.5 Å². The Balaban J connectivity index is 1.88. The first-order chi connectivity index (χ1) is 9.79. The fraction of sp³-hybridized carbons (Fsp3) is 0.353. The molecule has 0 amide bonds. The van der Waals surface area contributed by atoms with Crippen LogP contribution in [-0.2, 0) is 6.42 Å². The molecule has 0 fully saturated rings. The van der Waals surface area contributed by atoms with E-state index in [0.29, 0.717) is 5.92 Å². The van der Waals surface area contributed by atoms with Gasteiger partial charge in [-0.1, -0.05) is 31.2 Å². The van der Waals surface area contributed by atoms with Crippen LogP contribution in [0, 0.1) is 5.82 Å². The Morgan fingerprint density at radius 3 is 2.95 bits per heavy atom. The van der Waals surface area contributed by atoms with E-state index < -0.39 is 0 Å². The van der Waals surface area contributed by atoms with Crippen LogP contribution in [0.3, 0.4) is 0 Å². The molecule has 1 heterocycles. The minimum absolute atomic E-state index is 0.146. The maximum atomic E-state index is 13.4. The van der Waals surface area contributed by atoms with Gasteiger partial charge in [-0.15, -0.1) is 0 Å². The minimum Gasteiger partial charge on any atom is -0.309 e. The Bertz CT molecular complexity index is 597. The number of halogens is 1. The van der Waals surface area contributed by atoms with Gasteiger partial charge in [0.2, 0.25) is 0 Å². The zero-order valence-electron chi connectivity index (χ0n) is 11.6. The molecule has 0 aliphatic heterocycles. The summed E-state index contributed by atoms with van der Waals surface area (Å²) in [5.41, 5.74) is 3.73. The largest absolute Gasteiger partial charge is 0.309 e. The summed E-state index contributed by atoms with van der Waals surface area (Å²) in [6.45, 7) is 3.07. The number of fused-ring (bicyclic) bond motifs is 1. The Morgan fingerprint density at radius 2 is 2.20 bits per heavy atom. The number of pyridine rings is 1. The smallest absolute Gasteiger partial charge is 0.141 e. The first-order valence-corrected chi connectivity index (χ1v) is 7.21. The number of benzene rings is 1. The van der Waals surface area contributed by atoms with Crippen LogP contribution < -0.4 is 5.32 Å². The van der Waals surface area contributed by atoms with Crippen LogP contribution in [0.25, 0.3) is 0 Å². The van der Waals surface area contributed by atoms with Crippen LogP contribution in [0.1, 0.15) is 42.0 Å². The summed E-state index contributed by atoms with van der Waals surface area (Å²) in [4.78, 5) is 3.99. The summed E-state index contributed by atoms with van der Waals surface area (Å²) >= 11 is 0. The summed E-state index contributed by atoms with van der Waals surface area (Å²) in [7, 11) is 0. The molecule has 0 saturated heterocycles. The number of nitrogens with one attached hydrogen (secondary N) is 1. The molecule has 2 aromatic rings. The third kappa shape index (κ3) is 2.46. The zero-order chi connectivity index (χ0) is 13.9. The van der Waals surface area contributed by atoms with Crippen molar-refractivity contribution in [3.63, 3.8) is 0 Å². The average molecular weight is 270 g/mol. The van der Waals surface area contributed by atoms with Crippen LogP contribution in [0.4, 0.5) is 4.39 Å². The Morgan fingerprint density at radius 1 is 1.35 bits per heavy atom. The first kappa shape index (κ1) is 13.3. The van der Waals surface area contributed by atoms with E-state index in [0.717, 1.165) is 24.9 Å². The maximum absolute atomic E-state index is 13.4. The van der Waals surface area contributed by atoms with Crippen LogP contribution >= 0.6 is 0 Å². The molecule has 1 aromatic carbocycles. The second-order valence-corrected chi connectivity index (χ2v) is 5.38. The highest BCUT2D eigenvalue weighted by Crippen LogP contribution is 2.43. The first-order valence-electron chi connectivity index (χ1n) is 7.21. The third-order valence-electron chi connectivity index (χ3n) is 4.00. The molecule has 3 heteroatoms. The van der Waals surface area contributed by atoms with Crippen LogP contribution in [0.2, 0.25) is 0 Å². The number of aromatic nitrogens is 1. The van der Waals surface area contributed by atoms with Gasteiger partial charge >= 0.3 is 0 Å². The SMILES string of the molecule is CCCNC(c1cncc(F)c1)C1Cc2ccccc21. The number of nitrogens with zero attached hydrogens (tertiary/aromatic N) is 1. The van der Waals surface area contributed by atoms with Crippen molar-refractivity contribution < 1.29 is 4.39 Å². The Hall–Kier alpha value is -1.74. The van der Waals surface area contributed by atoms with Crippen molar-refractivity contribution in [3.8, 4) is 0 Å². The molecule has 0 saturated carbocycles. The molecule has 2 nitrogen and oxygen atoms in total. The fourth-order valence-electron chi connectivity index (χ4n) is 2.99. The van der Waals surface area contributed by atoms with E-state index in [1.54, 1.807) is 12.3 Å². The van der Waals surface area contributed by atoms with E-state index in [9.17, 15) is 4.39 Å². The lowest BCUT2D eigenvalue weighted by atomic mass is 9.72. The van der Waals surface area contributed by atoms with Crippen LogP contribution in [-0.4, -0.2) is 11.5 Å². The normalized spacial score (nSPS) is 18.2. The van der Waals surface area contributed by atoms with Crippen molar-refractivity contribution >= 4 is 0 Å². The fourth-order valence-corrected chi connectivity index (χ4v) is 2.99. The summed E-state index contributed by atoms with van der Waals surface area (Å²) < 4.78 is 13.4. The third-order valence-corrected chi connectivity index (χ3v) is 4.00. The Labute approximate surface area is 119 Å². The van der Waals surface area contributed by atoms with Crippen molar-refractivity contribution in [2.24, 2.45) is 0 Å². The second kappa shape index (κ2) is 5.71. The van der Waals surface area contributed by atoms with Gasteiger partial charge in [-0.3, -0.25) is 4.98 Å². The lowest BCUT2D eigenvalue weighted by molar-refractivity contribution is 0.409. The van der Waals surface area contributed by atoms with Gasteiger partial charge in [-0.2, -0.15) is 0 Å². The quantitative estimate of drug-likeness (QED) is 0.898. The van der Waals surface area contributed by atoms with Crippen molar-refractivity contribution in [1.82, 2.24) is 10.3 Å². The topological polar surface area (TPSA) is 24.9 Å². The highest BCUT2D eigenvalue weighted by atomic mass is 19.1. The van der Waals surface area contributed by atoms with Gasteiger partial charge in [0.25, 0.3) is 0 Å². The van der Waals surface area contributed by atoms with E-state index in [1.807, 2.05) is 0 Å². The highest BCUT2D eigenvalue weighted by Gasteiger charge is 2.33. The molecular weight excluding hydrogens is 251 g/mol. The Kier molecular flexibility index (Phi) is 3.79. The van der Waals surface area contributed by atoms with Crippen molar-refractivity contribution in [2.75, 3.05) is 6.54 Å². The van der Waals surface area contributed by atoms with E-state index in [4.69, 9.17) is 0 Å². The molecule has 1 N–H and O–H groups in total.